The number of nitrogens with zero attached hydrogens (tertiary/aromatic N) is 4. The Balaban J connectivity index is 1.56. The van der Waals surface area contributed by atoms with E-state index in [0.717, 1.165) is 29.2 Å². The average Bonchev–Trinajstić information content (AvgIpc) is 3.14. The summed E-state index contributed by atoms with van der Waals surface area (Å²) in [4.78, 5) is 28.0. The van der Waals surface area contributed by atoms with E-state index in [1.54, 1.807) is 26.1 Å². The van der Waals surface area contributed by atoms with Gasteiger partial charge in [0.15, 0.2) is 0 Å². The third-order valence-corrected chi connectivity index (χ3v) is 5.50. The number of urea groups is 1. The zero-order valence-corrected chi connectivity index (χ0v) is 17.2. The molecule has 1 saturated heterocycles. The first-order valence-electron chi connectivity index (χ1n) is 9.18. The Morgan fingerprint density at radius 2 is 2.04 bits per heavy atom. The normalized spacial score (nSPS) is 16.5. The smallest absolute Gasteiger partial charge is 0.319 e. The van der Waals surface area contributed by atoms with Crippen LogP contribution in [-0.2, 0) is 11.2 Å². The van der Waals surface area contributed by atoms with Gasteiger partial charge in [-0.1, -0.05) is 23.5 Å². The van der Waals surface area contributed by atoms with Crippen molar-refractivity contribution in [3.63, 3.8) is 0 Å². The van der Waals surface area contributed by atoms with Crippen LogP contribution in [0.25, 0.3) is 0 Å². The zero-order valence-electron chi connectivity index (χ0n) is 16.3. The average molecular weight is 404 g/mol. The molecule has 1 aliphatic heterocycles. The summed E-state index contributed by atoms with van der Waals surface area (Å²) >= 11 is 1.37. The third-order valence-electron chi connectivity index (χ3n) is 4.66. The predicted molar refractivity (Wildman–Crippen MR) is 108 cm³/mol. The van der Waals surface area contributed by atoms with Gasteiger partial charge in [-0.3, -0.25) is 4.79 Å². The topological polar surface area (TPSA) is 87.7 Å². The molecule has 150 valence electrons. The van der Waals surface area contributed by atoms with E-state index in [1.165, 1.54) is 16.2 Å². The number of hydrogen-bond acceptors (Lipinski definition) is 6. The van der Waals surface area contributed by atoms with Crippen LogP contribution in [0.15, 0.2) is 24.3 Å². The number of ether oxygens (including phenoxy) is 1. The van der Waals surface area contributed by atoms with E-state index in [9.17, 15) is 9.59 Å². The van der Waals surface area contributed by atoms with Crippen molar-refractivity contribution in [1.29, 1.82) is 0 Å². The van der Waals surface area contributed by atoms with Gasteiger partial charge in [-0.25, -0.2) is 4.79 Å². The van der Waals surface area contributed by atoms with Crippen molar-refractivity contribution in [3.8, 4) is 5.75 Å². The monoisotopic (exact) mass is 403 g/mol. The largest absolute Gasteiger partial charge is 0.497 e. The SMILES string of the molecule is COc1ccc(Cc2nnc(NC(=O)C3CCCN(C(=O)N(C)C)C3)s2)cc1. The molecule has 1 aliphatic rings. The number of benzene rings is 1. The van der Waals surface area contributed by atoms with Crippen molar-refractivity contribution in [2.45, 2.75) is 19.3 Å². The fraction of sp³-hybridized carbons (Fsp3) is 0.474. The minimum atomic E-state index is -0.230. The molecule has 9 heteroatoms. The predicted octanol–water partition coefficient (Wildman–Crippen LogP) is 2.47. The summed E-state index contributed by atoms with van der Waals surface area (Å²) in [5.41, 5.74) is 1.10. The number of nitrogens with one attached hydrogen (secondary N) is 1. The van der Waals surface area contributed by atoms with E-state index in [-0.39, 0.29) is 17.9 Å². The maximum absolute atomic E-state index is 12.6. The molecule has 2 heterocycles. The van der Waals surface area contributed by atoms with Crippen LogP contribution in [-0.4, -0.2) is 66.2 Å². The summed E-state index contributed by atoms with van der Waals surface area (Å²) in [5.74, 6) is 0.471. The molecule has 1 unspecified atom stereocenters. The van der Waals surface area contributed by atoms with Crippen LogP contribution < -0.4 is 10.1 Å². The molecular weight excluding hydrogens is 378 g/mol. The minimum absolute atomic E-state index is 0.0600. The molecule has 3 rings (SSSR count). The van der Waals surface area contributed by atoms with E-state index in [2.05, 4.69) is 15.5 Å². The van der Waals surface area contributed by atoms with Crippen LogP contribution in [0, 0.1) is 5.92 Å². The van der Waals surface area contributed by atoms with Gasteiger partial charge in [0.25, 0.3) is 0 Å². The molecule has 3 amide bonds. The van der Waals surface area contributed by atoms with Gasteiger partial charge in [0.05, 0.1) is 13.0 Å². The molecule has 2 aromatic rings. The van der Waals surface area contributed by atoms with Crippen molar-refractivity contribution in [2.75, 3.05) is 39.6 Å². The molecule has 1 fully saturated rings. The van der Waals surface area contributed by atoms with E-state index in [4.69, 9.17) is 4.74 Å². The highest BCUT2D eigenvalue weighted by Crippen LogP contribution is 2.23. The first-order valence-corrected chi connectivity index (χ1v) is 10.0. The van der Waals surface area contributed by atoms with Crippen molar-refractivity contribution < 1.29 is 14.3 Å². The van der Waals surface area contributed by atoms with Gasteiger partial charge < -0.3 is 19.9 Å². The standard InChI is InChI=1S/C19H25N5O3S/c1-23(2)19(26)24-10-4-5-14(12-24)17(25)20-18-22-21-16(28-18)11-13-6-8-15(27-3)9-7-13/h6-9,14H,4-5,10-12H2,1-3H3,(H,20,22,25). The number of carbonyl (C=O) groups excluding carboxylic acids is 2. The highest BCUT2D eigenvalue weighted by molar-refractivity contribution is 7.15. The second-order valence-electron chi connectivity index (χ2n) is 6.98. The number of likely N-dealkylation sites (tertiary alicyclic amines) is 1. The van der Waals surface area contributed by atoms with Crippen LogP contribution in [0.5, 0.6) is 5.75 Å². The fourth-order valence-corrected chi connectivity index (χ4v) is 3.93. The molecular formula is C19H25N5O3S. The van der Waals surface area contributed by atoms with Gasteiger partial charge in [-0.05, 0) is 30.5 Å². The third kappa shape index (κ3) is 4.98. The summed E-state index contributed by atoms with van der Waals surface area (Å²) in [6.07, 6.45) is 2.23. The van der Waals surface area contributed by atoms with Crippen LogP contribution >= 0.6 is 11.3 Å². The van der Waals surface area contributed by atoms with E-state index in [0.29, 0.717) is 24.6 Å². The molecule has 1 aromatic carbocycles. The summed E-state index contributed by atoms with van der Waals surface area (Å²) in [7, 11) is 5.08. The lowest BCUT2D eigenvalue weighted by atomic mass is 9.97. The number of carbonyl (C=O) groups is 2. The Labute approximate surface area is 168 Å². The van der Waals surface area contributed by atoms with E-state index < -0.39 is 0 Å². The number of piperidine rings is 1. The maximum Gasteiger partial charge on any atom is 0.319 e. The molecule has 0 aliphatic carbocycles. The van der Waals surface area contributed by atoms with Gasteiger partial charge in [-0.15, -0.1) is 10.2 Å². The molecule has 0 bridgehead atoms. The Morgan fingerprint density at radius 3 is 2.71 bits per heavy atom. The summed E-state index contributed by atoms with van der Waals surface area (Å²) < 4.78 is 5.16. The van der Waals surface area contributed by atoms with Crippen molar-refractivity contribution in [2.24, 2.45) is 5.92 Å². The molecule has 0 spiro atoms. The van der Waals surface area contributed by atoms with Gasteiger partial charge in [0.1, 0.15) is 10.8 Å². The molecule has 1 N–H and O–H groups in total. The minimum Gasteiger partial charge on any atom is -0.497 e. The second-order valence-corrected chi connectivity index (χ2v) is 8.04. The number of anilines is 1. The van der Waals surface area contributed by atoms with Gasteiger partial charge in [0.2, 0.25) is 11.0 Å². The lowest BCUT2D eigenvalue weighted by molar-refractivity contribution is -0.121. The van der Waals surface area contributed by atoms with Crippen molar-refractivity contribution >= 4 is 28.4 Å². The van der Waals surface area contributed by atoms with Gasteiger partial charge >= 0.3 is 6.03 Å². The van der Waals surface area contributed by atoms with Crippen molar-refractivity contribution in [3.05, 3.63) is 34.8 Å². The lowest BCUT2D eigenvalue weighted by Gasteiger charge is -2.33. The number of aromatic nitrogens is 2. The molecule has 8 nitrogen and oxygen atoms in total. The Hall–Kier alpha value is -2.68. The number of rotatable bonds is 5. The second kappa shape index (κ2) is 9.01. The van der Waals surface area contributed by atoms with Crippen LogP contribution in [0.4, 0.5) is 9.93 Å². The molecule has 0 saturated carbocycles. The summed E-state index contributed by atoms with van der Waals surface area (Å²) in [6, 6.07) is 7.72. The highest BCUT2D eigenvalue weighted by Gasteiger charge is 2.29. The van der Waals surface area contributed by atoms with Crippen LogP contribution in [0.3, 0.4) is 0 Å². The summed E-state index contributed by atoms with van der Waals surface area (Å²) in [5, 5.41) is 12.4. The molecule has 28 heavy (non-hydrogen) atoms. The number of hydrogen-bond donors (Lipinski definition) is 1. The summed E-state index contributed by atoms with van der Waals surface area (Å²) in [6.45, 7) is 1.12. The Kier molecular flexibility index (Phi) is 6.45. The molecule has 1 atom stereocenters. The van der Waals surface area contributed by atoms with Crippen molar-refractivity contribution in [1.82, 2.24) is 20.0 Å². The van der Waals surface area contributed by atoms with E-state index >= 15 is 0 Å². The molecule has 0 radical (unpaired) electrons. The maximum atomic E-state index is 12.6. The highest BCUT2D eigenvalue weighted by atomic mass is 32.1. The van der Waals surface area contributed by atoms with Crippen LogP contribution in [0.2, 0.25) is 0 Å². The van der Waals surface area contributed by atoms with Crippen LogP contribution in [0.1, 0.15) is 23.4 Å². The number of amides is 3. The first-order chi connectivity index (χ1) is 13.5. The Morgan fingerprint density at radius 1 is 1.29 bits per heavy atom. The zero-order chi connectivity index (χ0) is 20.1. The van der Waals surface area contributed by atoms with E-state index in [1.807, 2.05) is 24.3 Å². The first kappa shape index (κ1) is 20.1. The fourth-order valence-electron chi connectivity index (χ4n) is 3.15. The quantitative estimate of drug-likeness (QED) is 0.829. The molecule has 1 aromatic heterocycles. The number of methoxy groups -OCH3 is 1. The Bertz CT molecular complexity index is 821. The van der Waals surface area contributed by atoms with Gasteiger partial charge in [-0.2, -0.15) is 0 Å². The van der Waals surface area contributed by atoms with Gasteiger partial charge in [0, 0.05) is 33.6 Å². The lowest BCUT2D eigenvalue weighted by Crippen LogP contribution is -2.47.